The molecule has 4 nitrogen and oxygen atoms in total. The summed E-state index contributed by atoms with van der Waals surface area (Å²) in [5.74, 6) is 1.02. The van der Waals surface area contributed by atoms with Crippen LogP contribution in [0, 0.1) is 0 Å². The number of ether oxygens (including phenoxy) is 1. The standard InChI is InChI=1S/C12H19N3O/c1-15(11-4-6-16-7-5-11)12-3-2-10(8-13)9-14-12/h2-3,9,11H,4-8,13H2,1H3. The second-order valence-electron chi connectivity index (χ2n) is 4.18. The molecule has 0 amide bonds. The summed E-state index contributed by atoms with van der Waals surface area (Å²) in [6, 6.07) is 4.63. The smallest absolute Gasteiger partial charge is 0.128 e. The zero-order chi connectivity index (χ0) is 11.4. The molecule has 0 atom stereocenters. The Morgan fingerprint density at radius 3 is 2.75 bits per heavy atom. The van der Waals surface area contributed by atoms with E-state index in [1.165, 1.54) is 0 Å². The van der Waals surface area contributed by atoms with Gasteiger partial charge >= 0.3 is 0 Å². The van der Waals surface area contributed by atoms with Gasteiger partial charge in [0.05, 0.1) is 0 Å². The predicted octanol–water partition coefficient (Wildman–Crippen LogP) is 1.16. The molecule has 4 heteroatoms. The first-order chi connectivity index (χ1) is 7.81. The average Bonchev–Trinajstić information content (AvgIpc) is 2.39. The van der Waals surface area contributed by atoms with Crippen LogP contribution in [0.2, 0.25) is 0 Å². The molecule has 16 heavy (non-hydrogen) atoms. The van der Waals surface area contributed by atoms with Gasteiger partial charge in [0.1, 0.15) is 5.82 Å². The first-order valence-electron chi connectivity index (χ1n) is 5.77. The van der Waals surface area contributed by atoms with E-state index in [9.17, 15) is 0 Å². The third-order valence-corrected chi connectivity index (χ3v) is 3.14. The van der Waals surface area contributed by atoms with Gasteiger partial charge in [0.15, 0.2) is 0 Å². The summed E-state index contributed by atoms with van der Waals surface area (Å²) in [4.78, 5) is 6.67. The van der Waals surface area contributed by atoms with Crippen molar-refractivity contribution in [2.45, 2.75) is 25.4 Å². The van der Waals surface area contributed by atoms with E-state index < -0.39 is 0 Å². The zero-order valence-electron chi connectivity index (χ0n) is 9.72. The number of nitrogens with two attached hydrogens (primary N) is 1. The van der Waals surface area contributed by atoms with Crippen molar-refractivity contribution >= 4 is 5.82 Å². The maximum absolute atomic E-state index is 5.55. The quantitative estimate of drug-likeness (QED) is 0.832. The summed E-state index contributed by atoms with van der Waals surface area (Å²) in [6.07, 6.45) is 4.01. The Morgan fingerprint density at radius 2 is 2.19 bits per heavy atom. The third kappa shape index (κ3) is 2.51. The third-order valence-electron chi connectivity index (χ3n) is 3.14. The Labute approximate surface area is 96.4 Å². The van der Waals surface area contributed by atoms with Crippen molar-refractivity contribution in [1.82, 2.24) is 4.98 Å². The van der Waals surface area contributed by atoms with Crippen molar-refractivity contribution in [3.63, 3.8) is 0 Å². The maximum Gasteiger partial charge on any atom is 0.128 e. The van der Waals surface area contributed by atoms with Crippen LogP contribution in [0.1, 0.15) is 18.4 Å². The van der Waals surface area contributed by atoms with Gasteiger partial charge in [-0.25, -0.2) is 4.98 Å². The van der Waals surface area contributed by atoms with Crippen LogP contribution in [0.15, 0.2) is 18.3 Å². The first kappa shape index (κ1) is 11.4. The summed E-state index contributed by atoms with van der Waals surface area (Å²) >= 11 is 0. The molecule has 2 N–H and O–H groups in total. The van der Waals surface area contributed by atoms with Crippen LogP contribution < -0.4 is 10.6 Å². The molecule has 1 aromatic heterocycles. The van der Waals surface area contributed by atoms with Gasteiger partial charge in [0.25, 0.3) is 0 Å². The monoisotopic (exact) mass is 221 g/mol. The van der Waals surface area contributed by atoms with E-state index in [1.807, 2.05) is 18.3 Å². The summed E-state index contributed by atoms with van der Waals surface area (Å²) in [5, 5.41) is 0. The summed E-state index contributed by atoms with van der Waals surface area (Å²) < 4.78 is 5.36. The minimum absolute atomic E-state index is 0.546. The van der Waals surface area contributed by atoms with Crippen LogP contribution in [0.4, 0.5) is 5.82 Å². The molecule has 2 rings (SSSR count). The normalized spacial score (nSPS) is 17.4. The van der Waals surface area contributed by atoms with Gasteiger partial charge in [-0.1, -0.05) is 6.07 Å². The van der Waals surface area contributed by atoms with Crippen molar-refractivity contribution in [2.75, 3.05) is 25.2 Å². The van der Waals surface area contributed by atoms with Crippen molar-refractivity contribution < 1.29 is 4.74 Å². The fourth-order valence-corrected chi connectivity index (χ4v) is 2.01. The zero-order valence-corrected chi connectivity index (χ0v) is 9.72. The van der Waals surface area contributed by atoms with Gasteiger partial charge in [-0.2, -0.15) is 0 Å². The lowest BCUT2D eigenvalue weighted by molar-refractivity contribution is 0.0853. The van der Waals surface area contributed by atoms with Crippen LogP contribution in [-0.2, 0) is 11.3 Å². The summed E-state index contributed by atoms with van der Waals surface area (Å²) in [6.45, 7) is 2.26. The lowest BCUT2D eigenvalue weighted by Crippen LogP contribution is -2.37. The molecule has 1 fully saturated rings. The number of hydrogen-bond acceptors (Lipinski definition) is 4. The lowest BCUT2D eigenvalue weighted by atomic mass is 10.1. The van der Waals surface area contributed by atoms with Crippen LogP contribution in [0.5, 0.6) is 0 Å². The fraction of sp³-hybridized carbons (Fsp3) is 0.583. The Balaban J connectivity index is 2.04. The first-order valence-corrected chi connectivity index (χ1v) is 5.77. The molecule has 0 aliphatic carbocycles. The molecule has 1 aliphatic rings. The lowest BCUT2D eigenvalue weighted by Gasteiger charge is -2.32. The minimum atomic E-state index is 0.546. The van der Waals surface area contributed by atoms with Crippen molar-refractivity contribution in [2.24, 2.45) is 5.73 Å². The van der Waals surface area contributed by atoms with E-state index in [1.54, 1.807) is 0 Å². The highest BCUT2D eigenvalue weighted by Crippen LogP contribution is 2.19. The molecule has 1 aliphatic heterocycles. The highest BCUT2D eigenvalue weighted by molar-refractivity contribution is 5.39. The number of pyridine rings is 1. The van der Waals surface area contributed by atoms with E-state index in [2.05, 4.69) is 16.9 Å². The number of nitrogens with zero attached hydrogens (tertiary/aromatic N) is 2. The maximum atomic E-state index is 5.55. The predicted molar refractivity (Wildman–Crippen MR) is 64.4 cm³/mol. The van der Waals surface area contributed by atoms with E-state index in [4.69, 9.17) is 10.5 Å². The van der Waals surface area contributed by atoms with Crippen LogP contribution in [-0.4, -0.2) is 31.3 Å². The molecule has 88 valence electrons. The van der Waals surface area contributed by atoms with Gasteiger partial charge in [-0.3, -0.25) is 0 Å². The van der Waals surface area contributed by atoms with Gasteiger partial charge < -0.3 is 15.4 Å². The number of aromatic nitrogens is 1. The molecule has 1 saturated heterocycles. The topological polar surface area (TPSA) is 51.4 Å². The number of anilines is 1. The summed E-state index contributed by atoms with van der Waals surface area (Å²) in [7, 11) is 2.10. The second kappa shape index (κ2) is 5.27. The molecule has 0 spiro atoms. The van der Waals surface area contributed by atoms with Crippen molar-refractivity contribution in [3.05, 3.63) is 23.9 Å². The van der Waals surface area contributed by atoms with Gasteiger partial charge in [-0.05, 0) is 24.5 Å². The van der Waals surface area contributed by atoms with Crippen LogP contribution >= 0.6 is 0 Å². The largest absolute Gasteiger partial charge is 0.381 e. The van der Waals surface area contributed by atoms with Crippen molar-refractivity contribution in [3.8, 4) is 0 Å². The van der Waals surface area contributed by atoms with Crippen LogP contribution in [0.25, 0.3) is 0 Å². The number of hydrogen-bond donors (Lipinski definition) is 1. The van der Waals surface area contributed by atoms with Crippen LogP contribution in [0.3, 0.4) is 0 Å². The van der Waals surface area contributed by atoms with Gasteiger partial charge in [-0.15, -0.1) is 0 Å². The molecule has 0 radical (unpaired) electrons. The molecule has 1 aromatic rings. The SMILES string of the molecule is CN(c1ccc(CN)cn1)C1CCOCC1. The van der Waals surface area contributed by atoms with E-state index in [-0.39, 0.29) is 0 Å². The average molecular weight is 221 g/mol. The Hall–Kier alpha value is -1.13. The van der Waals surface area contributed by atoms with Gasteiger partial charge in [0, 0.05) is 39.0 Å². The molecule has 0 saturated carbocycles. The van der Waals surface area contributed by atoms with E-state index in [0.29, 0.717) is 12.6 Å². The van der Waals surface area contributed by atoms with Gasteiger partial charge in [0.2, 0.25) is 0 Å². The highest BCUT2D eigenvalue weighted by atomic mass is 16.5. The van der Waals surface area contributed by atoms with E-state index in [0.717, 1.165) is 37.4 Å². The highest BCUT2D eigenvalue weighted by Gasteiger charge is 2.19. The molecule has 0 aromatic carbocycles. The molecular weight excluding hydrogens is 202 g/mol. The molecule has 0 bridgehead atoms. The molecule has 0 unspecified atom stereocenters. The Morgan fingerprint density at radius 1 is 1.44 bits per heavy atom. The summed E-state index contributed by atoms with van der Waals surface area (Å²) in [5.41, 5.74) is 6.62. The van der Waals surface area contributed by atoms with Crippen molar-refractivity contribution in [1.29, 1.82) is 0 Å². The second-order valence-corrected chi connectivity index (χ2v) is 4.18. The molecule has 2 heterocycles. The minimum Gasteiger partial charge on any atom is -0.381 e. The fourth-order valence-electron chi connectivity index (χ4n) is 2.01. The Bertz CT molecular complexity index is 320. The Kier molecular flexibility index (Phi) is 3.74. The molecular formula is C12H19N3O. The van der Waals surface area contributed by atoms with E-state index >= 15 is 0 Å². The number of rotatable bonds is 3.